The van der Waals surface area contributed by atoms with Crippen molar-refractivity contribution in [3.63, 3.8) is 0 Å². The maximum absolute atomic E-state index is 10.4. The second-order valence-corrected chi connectivity index (χ2v) is 18.7. The third kappa shape index (κ3) is 75.5. The van der Waals surface area contributed by atoms with E-state index in [0.29, 0.717) is 330 Å². The standard InChI is InChI=1S/C58H120N2O28/c1-65-11-13-69-19-21-73-27-29-77-35-37-81-43-45-85-51-53-87-49-47-83-41-39-79-33-31-75-25-23-71-17-15-67-9-6-56(61)59-8-4-3-5-55(58(63)64)60-57(62)7-10-68-16-18-72-24-26-76-32-34-80-40-42-84-48-50-88-54-52-86-46-44-82-38-36-78-30-28-74-22-20-70-14-12-66-2/h55-64H,3-54H2,1-2H3/t55?,56-,57+/m1/s1. The predicted molar refractivity (Wildman–Crippen MR) is 320 cm³/mol. The topological polar surface area (TPSA) is 327 Å². The third-order valence-corrected chi connectivity index (χ3v) is 11.5. The van der Waals surface area contributed by atoms with E-state index in [1.54, 1.807) is 14.2 Å². The first-order valence-corrected chi connectivity index (χ1v) is 31.4. The van der Waals surface area contributed by atoms with E-state index in [1.165, 1.54) is 0 Å². The second kappa shape index (κ2) is 78.2. The van der Waals surface area contributed by atoms with Crippen molar-refractivity contribution < 1.29 is 134 Å². The van der Waals surface area contributed by atoms with Crippen LogP contribution in [0.1, 0.15) is 32.1 Å². The van der Waals surface area contributed by atoms with Crippen molar-refractivity contribution in [1.29, 1.82) is 0 Å². The summed E-state index contributed by atoms with van der Waals surface area (Å²) >= 11 is 0. The van der Waals surface area contributed by atoms with Crippen LogP contribution in [-0.4, -0.2) is 370 Å². The molecule has 0 heterocycles. The summed E-state index contributed by atoms with van der Waals surface area (Å²) in [6.45, 7) is 22.2. The van der Waals surface area contributed by atoms with Gasteiger partial charge in [-0.1, -0.05) is 6.42 Å². The molecule has 0 aromatic rings. The number of aliphatic hydroxyl groups is 4. The highest BCUT2D eigenvalue weighted by molar-refractivity contribution is 4.71. The smallest absolute Gasteiger partial charge is 0.167 e. The van der Waals surface area contributed by atoms with Gasteiger partial charge in [0.25, 0.3) is 0 Å². The SMILES string of the molecule is COCCOCCOCCOCCOCCOCCOCCOCCOCCOCCOCCOCC[C@@H](O)NCCCCC(N[C@@H](O)CCOCCOCCOCCOCCOCCOCCOCCOCCOCCOCCOCCOC)C(O)O. The normalized spacial score (nSPS) is 13.0. The van der Waals surface area contributed by atoms with Crippen LogP contribution in [0.4, 0.5) is 0 Å². The van der Waals surface area contributed by atoms with Gasteiger partial charge in [0.2, 0.25) is 0 Å². The predicted octanol–water partition coefficient (Wildman–Crippen LogP) is -0.910. The molecule has 30 nitrogen and oxygen atoms in total. The molecule has 0 saturated heterocycles. The molecule has 0 rings (SSSR count). The van der Waals surface area contributed by atoms with Crippen molar-refractivity contribution in [2.45, 2.75) is 56.9 Å². The highest BCUT2D eigenvalue weighted by atomic mass is 16.6. The monoisotopic (exact) mass is 1290 g/mol. The molecule has 0 saturated carbocycles. The van der Waals surface area contributed by atoms with Crippen LogP contribution in [0, 0.1) is 0 Å². The van der Waals surface area contributed by atoms with E-state index >= 15 is 0 Å². The largest absolute Gasteiger partial charge is 0.382 e. The van der Waals surface area contributed by atoms with Gasteiger partial charge < -0.3 is 134 Å². The van der Waals surface area contributed by atoms with Crippen LogP contribution in [-0.2, 0) is 114 Å². The Labute approximate surface area is 525 Å². The number of hydrogen-bond donors (Lipinski definition) is 6. The van der Waals surface area contributed by atoms with E-state index in [4.69, 9.17) is 114 Å². The molecule has 0 aliphatic carbocycles. The molecule has 530 valence electrons. The lowest BCUT2D eigenvalue weighted by molar-refractivity contribution is -0.0833. The Morgan fingerprint density at radius 1 is 0.216 bits per heavy atom. The lowest BCUT2D eigenvalue weighted by Gasteiger charge is -2.24. The molecule has 0 fully saturated rings. The summed E-state index contributed by atoms with van der Waals surface area (Å²) in [5.74, 6) is 0. The van der Waals surface area contributed by atoms with Gasteiger partial charge in [-0.15, -0.1) is 0 Å². The fourth-order valence-electron chi connectivity index (χ4n) is 6.79. The molecule has 1 unspecified atom stereocenters. The zero-order chi connectivity index (χ0) is 63.5. The Hall–Kier alpha value is -1.20. The van der Waals surface area contributed by atoms with Gasteiger partial charge >= 0.3 is 0 Å². The van der Waals surface area contributed by atoms with E-state index in [1.807, 2.05) is 0 Å². The van der Waals surface area contributed by atoms with Gasteiger partial charge in [0.1, 0.15) is 12.5 Å². The first kappa shape index (κ1) is 86.8. The van der Waals surface area contributed by atoms with Gasteiger partial charge in [-0.3, -0.25) is 10.6 Å². The van der Waals surface area contributed by atoms with Gasteiger partial charge in [0.05, 0.1) is 310 Å². The van der Waals surface area contributed by atoms with E-state index in [2.05, 4.69) is 10.6 Å². The number of methoxy groups -OCH3 is 2. The molecule has 30 heteroatoms. The molecule has 0 aromatic heterocycles. The number of rotatable bonds is 81. The lowest BCUT2D eigenvalue weighted by atomic mass is 10.1. The summed E-state index contributed by atoms with van der Waals surface area (Å²) in [6, 6.07) is -0.721. The van der Waals surface area contributed by atoms with Gasteiger partial charge in [-0.25, -0.2) is 0 Å². The van der Waals surface area contributed by atoms with E-state index in [-0.39, 0.29) is 13.0 Å². The average molecular weight is 1290 g/mol. The molecule has 0 amide bonds. The summed E-state index contributed by atoms with van der Waals surface area (Å²) < 4.78 is 130. The highest BCUT2D eigenvalue weighted by Gasteiger charge is 2.19. The van der Waals surface area contributed by atoms with Crippen molar-refractivity contribution in [1.82, 2.24) is 10.6 Å². The molecule has 0 aromatic carbocycles. The maximum atomic E-state index is 10.4. The zero-order valence-electron chi connectivity index (χ0n) is 53.7. The van der Waals surface area contributed by atoms with Gasteiger partial charge in [0, 0.05) is 27.1 Å². The molecule has 0 aliphatic heterocycles. The van der Waals surface area contributed by atoms with Gasteiger partial charge in [-0.05, 0) is 19.4 Å². The summed E-state index contributed by atoms with van der Waals surface area (Å²) in [7, 11) is 3.28. The summed E-state index contributed by atoms with van der Waals surface area (Å²) in [5, 5.41) is 46.2. The van der Waals surface area contributed by atoms with Crippen molar-refractivity contribution in [2.75, 3.05) is 325 Å². The Morgan fingerprint density at radius 2 is 0.398 bits per heavy atom. The first-order valence-electron chi connectivity index (χ1n) is 31.4. The van der Waals surface area contributed by atoms with Crippen LogP contribution in [0.25, 0.3) is 0 Å². The Kier molecular flexibility index (Phi) is 77.2. The van der Waals surface area contributed by atoms with Crippen molar-refractivity contribution >= 4 is 0 Å². The van der Waals surface area contributed by atoms with Gasteiger partial charge in [0.15, 0.2) is 6.29 Å². The summed E-state index contributed by atoms with van der Waals surface area (Å²) in [5.41, 5.74) is 0. The van der Waals surface area contributed by atoms with Crippen LogP contribution >= 0.6 is 0 Å². The minimum atomic E-state index is -1.64. The van der Waals surface area contributed by atoms with Crippen LogP contribution < -0.4 is 10.6 Å². The molecular weight excluding hydrogens is 1170 g/mol. The Balaban J connectivity index is 3.38. The van der Waals surface area contributed by atoms with Crippen molar-refractivity contribution in [3.05, 3.63) is 0 Å². The molecule has 88 heavy (non-hydrogen) atoms. The van der Waals surface area contributed by atoms with Crippen LogP contribution in [0.2, 0.25) is 0 Å². The molecule has 0 radical (unpaired) electrons. The minimum absolute atomic E-state index is 0.258. The molecule has 6 N–H and O–H groups in total. The van der Waals surface area contributed by atoms with Crippen LogP contribution in [0.5, 0.6) is 0 Å². The molecular formula is C58H120N2O28. The average Bonchev–Trinajstić information content (AvgIpc) is 3.52. The van der Waals surface area contributed by atoms with Crippen LogP contribution in [0.15, 0.2) is 0 Å². The fourth-order valence-corrected chi connectivity index (χ4v) is 6.79. The molecule has 0 spiro atoms. The van der Waals surface area contributed by atoms with E-state index < -0.39 is 24.8 Å². The van der Waals surface area contributed by atoms with E-state index in [9.17, 15) is 20.4 Å². The Morgan fingerprint density at radius 3 is 0.591 bits per heavy atom. The first-order chi connectivity index (χ1) is 43.5. The highest BCUT2D eigenvalue weighted by Crippen LogP contribution is 2.06. The lowest BCUT2D eigenvalue weighted by Crippen LogP contribution is -2.46. The van der Waals surface area contributed by atoms with Crippen molar-refractivity contribution in [3.8, 4) is 0 Å². The quantitative estimate of drug-likeness (QED) is 0.0317. The maximum Gasteiger partial charge on any atom is 0.167 e. The van der Waals surface area contributed by atoms with Gasteiger partial charge in [-0.2, -0.15) is 0 Å². The number of aliphatic hydroxyl groups excluding tert-OH is 3. The molecule has 3 atom stereocenters. The minimum Gasteiger partial charge on any atom is -0.382 e. The Bertz CT molecular complexity index is 1260. The second-order valence-electron chi connectivity index (χ2n) is 18.7. The number of ether oxygens (including phenoxy) is 24. The van der Waals surface area contributed by atoms with Crippen LogP contribution in [0.3, 0.4) is 0 Å². The summed E-state index contributed by atoms with van der Waals surface area (Å²) in [4.78, 5) is 0. The molecule has 0 aliphatic rings. The zero-order valence-corrected chi connectivity index (χ0v) is 53.7. The number of unbranched alkanes of at least 4 members (excludes halogenated alkanes) is 1. The number of nitrogens with one attached hydrogen (secondary N) is 2. The summed E-state index contributed by atoms with van der Waals surface area (Å²) in [6.07, 6.45) is -0.966. The molecule has 0 bridgehead atoms. The van der Waals surface area contributed by atoms with E-state index in [0.717, 1.165) is 0 Å². The fraction of sp³-hybridized carbons (Fsp3) is 1.00. The van der Waals surface area contributed by atoms with Crippen molar-refractivity contribution in [2.24, 2.45) is 0 Å². The third-order valence-electron chi connectivity index (χ3n) is 11.5. The number of hydrogen-bond acceptors (Lipinski definition) is 30.